The molecule has 21 heavy (non-hydrogen) atoms. The van der Waals surface area contributed by atoms with Crippen LogP contribution < -0.4 is 5.32 Å². The van der Waals surface area contributed by atoms with Crippen molar-refractivity contribution in [3.63, 3.8) is 0 Å². The molecule has 0 radical (unpaired) electrons. The normalized spacial score (nSPS) is 8.95. The molecule has 0 bridgehead atoms. The van der Waals surface area contributed by atoms with Crippen LogP contribution in [0.15, 0.2) is 48.5 Å². The van der Waals surface area contributed by atoms with Crippen LogP contribution in [-0.2, 0) is 13.1 Å². The van der Waals surface area contributed by atoms with E-state index in [4.69, 9.17) is 0 Å². The largest absolute Gasteiger partial charge is 0.508 e. The molecule has 3 nitrogen and oxygen atoms in total. The van der Waals surface area contributed by atoms with Gasteiger partial charge in [0, 0.05) is 24.2 Å². The van der Waals surface area contributed by atoms with Gasteiger partial charge in [0.15, 0.2) is 0 Å². The minimum atomic E-state index is 0.289. The maximum Gasteiger partial charge on any atom is 0.120 e. The smallest absolute Gasteiger partial charge is 0.120 e. The van der Waals surface area contributed by atoms with Crippen molar-refractivity contribution in [1.29, 1.82) is 0 Å². The maximum absolute atomic E-state index is 9.57. The van der Waals surface area contributed by atoms with E-state index in [1.54, 1.807) is 24.3 Å². The summed E-state index contributed by atoms with van der Waals surface area (Å²) in [5.74, 6) is 0.578. The van der Waals surface area contributed by atoms with E-state index >= 15 is 0 Å². The van der Waals surface area contributed by atoms with Crippen molar-refractivity contribution in [1.82, 2.24) is 5.32 Å². The lowest BCUT2D eigenvalue weighted by Crippen LogP contribution is -2.12. The molecule has 0 aliphatic carbocycles. The minimum Gasteiger partial charge on any atom is -0.508 e. The van der Waals surface area contributed by atoms with Gasteiger partial charge in [-0.3, -0.25) is 0 Å². The van der Waals surface area contributed by atoms with Crippen molar-refractivity contribution in [3.05, 3.63) is 59.7 Å². The second-order valence-corrected chi connectivity index (χ2v) is 3.86. The van der Waals surface area contributed by atoms with Crippen LogP contribution in [-0.4, -0.2) is 10.2 Å². The zero-order chi connectivity index (χ0) is 16.1. The number of hydrogen-bond donors (Lipinski definition) is 3. The number of rotatable bonds is 4. The highest BCUT2D eigenvalue weighted by Gasteiger charge is 2.01. The monoisotopic (exact) mass is 289 g/mol. The fourth-order valence-electron chi connectivity index (χ4n) is 1.65. The van der Waals surface area contributed by atoms with Crippen LogP contribution in [0.3, 0.4) is 0 Å². The molecule has 0 spiro atoms. The van der Waals surface area contributed by atoms with E-state index in [2.05, 4.69) is 5.32 Å². The molecule has 0 aliphatic heterocycles. The average Bonchev–Trinajstić information content (AvgIpc) is 2.55. The van der Waals surface area contributed by atoms with Gasteiger partial charge >= 0.3 is 0 Å². The molecule has 2 rings (SSSR count). The van der Waals surface area contributed by atoms with Gasteiger partial charge in [-0.1, -0.05) is 64.1 Å². The van der Waals surface area contributed by atoms with E-state index in [1.807, 2.05) is 52.0 Å². The molecule has 2 aromatic carbocycles. The van der Waals surface area contributed by atoms with Gasteiger partial charge in [-0.15, -0.1) is 0 Å². The van der Waals surface area contributed by atoms with Crippen LogP contribution >= 0.6 is 0 Å². The Hall–Kier alpha value is -2.00. The molecule has 0 aliphatic rings. The SMILES string of the molecule is CC.CC.Oc1ccccc1CNCc1ccccc1O. The third-order valence-corrected chi connectivity index (χ3v) is 2.61. The molecule has 0 aromatic heterocycles. The van der Waals surface area contributed by atoms with Gasteiger partial charge in [-0.2, -0.15) is 0 Å². The van der Waals surface area contributed by atoms with Crippen LogP contribution in [0.4, 0.5) is 0 Å². The Morgan fingerprint density at radius 1 is 0.667 bits per heavy atom. The summed E-state index contributed by atoms with van der Waals surface area (Å²) in [6.45, 7) is 9.14. The lowest BCUT2D eigenvalue weighted by atomic mass is 10.1. The molecule has 0 unspecified atom stereocenters. The van der Waals surface area contributed by atoms with Crippen LogP contribution in [0.2, 0.25) is 0 Å². The number of benzene rings is 2. The second kappa shape index (κ2) is 11.8. The van der Waals surface area contributed by atoms with E-state index in [0.29, 0.717) is 13.1 Å². The molecular formula is C18H27NO2. The Morgan fingerprint density at radius 2 is 1.00 bits per heavy atom. The molecule has 0 heterocycles. The molecule has 0 atom stereocenters. The van der Waals surface area contributed by atoms with Crippen molar-refractivity contribution < 1.29 is 10.2 Å². The zero-order valence-corrected chi connectivity index (χ0v) is 13.4. The van der Waals surface area contributed by atoms with Crippen LogP contribution in [0.1, 0.15) is 38.8 Å². The Labute approximate surface area is 128 Å². The third kappa shape index (κ3) is 6.82. The Kier molecular flexibility index (Phi) is 10.7. The van der Waals surface area contributed by atoms with Crippen molar-refractivity contribution in [3.8, 4) is 11.5 Å². The van der Waals surface area contributed by atoms with E-state index in [9.17, 15) is 10.2 Å². The second-order valence-electron chi connectivity index (χ2n) is 3.86. The summed E-state index contributed by atoms with van der Waals surface area (Å²) < 4.78 is 0. The van der Waals surface area contributed by atoms with Gasteiger partial charge in [0.05, 0.1) is 0 Å². The highest BCUT2D eigenvalue weighted by atomic mass is 16.3. The van der Waals surface area contributed by atoms with Gasteiger partial charge in [0.2, 0.25) is 0 Å². The Bertz CT molecular complexity index is 453. The number of phenolic OH excluding ortho intramolecular Hbond substituents is 2. The van der Waals surface area contributed by atoms with Gasteiger partial charge in [0.25, 0.3) is 0 Å². The first kappa shape index (κ1) is 19.0. The number of nitrogens with one attached hydrogen (secondary N) is 1. The van der Waals surface area contributed by atoms with Gasteiger partial charge in [0.1, 0.15) is 11.5 Å². The van der Waals surface area contributed by atoms with E-state index in [1.165, 1.54) is 0 Å². The van der Waals surface area contributed by atoms with E-state index in [0.717, 1.165) is 11.1 Å². The van der Waals surface area contributed by atoms with E-state index < -0.39 is 0 Å². The Balaban J connectivity index is 0.000000921. The first-order chi connectivity index (χ1) is 10.3. The standard InChI is InChI=1S/C14H15NO2.2C2H6/c16-13-7-3-1-5-11(13)9-15-10-12-6-2-4-8-14(12)17;2*1-2/h1-8,15-17H,9-10H2;2*1-2H3. The van der Waals surface area contributed by atoms with Crippen molar-refractivity contribution in [2.45, 2.75) is 40.8 Å². The number of hydrogen-bond acceptors (Lipinski definition) is 3. The summed E-state index contributed by atoms with van der Waals surface area (Å²) in [6, 6.07) is 14.4. The van der Waals surface area contributed by atoms with E-state index in [-0.39, 0.29) is 11.5 Å². The van der Waals surface area contributed by atoms with Crippen LogP contribution in [0, 0.1) is 0 Å². The van der Waals surface area contributed by atoms with Crippen molar-refractivity contribution in [2.75, 3.05) is 0 Å². The number of phenols is 2. The Morgan fingerprint density at radius 3 is 1.33 bits per heavy atom. The number of para-hydroxylation sites is 2. The van der Waals surface area contributed by atoms with Gasteiger partial charge in [-0.05, 0) is 12.1 Å². The number of aromatic hydroxyl groups is 2. The summed E-state index contributed by atoms with van der Waals surface area (Å²) in [5.41, 5.74) is 1.70. The average molecular weight is 289 g/mol. The summed E-state index contributed by atoms with van der Waals surface area (Å²) in [7, 11) is 0. The summed E-state index contributed by atoms with van der Waals surface area (Å²) in [4.78, 5) is 0. The topological polar surface area (TPSA) is 52.5 Å². The molecule has 0 fully saturated rings. The first-order valence-electron chi connectivity index (χ1n) is 7.52. The van der Waals surface area contributed by atoms with Crippen LogP contribution in [0.5, 0.6) is 11.5 Å². The molecule has 0 amide bonds. The molecule has 0 saturated heterocycles. The molecule has 2 aromatic rings. The highest BCUT2D eigenvalue weighted by molar-refractivity contribution is 5.33. The van der Waals surface area contributed by atoms with Gasteiger partial charge in [-0.25, -0.2) is 0 Å². The molecule has 116 valence electrons. The quantitative estimate of drug-likeness (QED) is 0.780. The molecular weight excluding hydrogens is 262 g/mol. The fraction of sp³-hybridized carbons (Fsp3) is 0.333. The predicted octanol–water partition coefficient (Wildman–Crippen LogP) is 4.44. The summed E-state index contributed by atoms with van der Waals surface area (Å²) >= 11 is 0. The van der Waals surface area contributed by atoms with Crippen molar-refractivity contribution >= 4 is 0 Å². The lowest BCUT2D eigenvalue weighted by Gasteiger charge is -2.07. The fourth-order valence-corrected chi connectivity index (χ4v) is 1.65. The molecule has 3 heteroatoms. The van der Waals surface area contributed by atoms with Gasteiger partial charge < -0.3 is 15.5 Å². The molecule has 0 saturated carbocycles. The summed E-state index contributed by atoms with van der Waals surface area (Å²) in [5, 5.41) is 22.3. The first-order valence-corrected chi connectivity index (χ1v) is 7.52. The molecule has 3 N–H and O–H groups in total. The van der Waals surface area contributed by atoms with Crippen LogP contribution in [0.25, 0.3) is 0 Å². The minimum absolute atomic E-state index is 0.289. The maximum atomic E-state index is 9.57. The predicted molar refractivity (Wildman–Crippen MR) is 89.5 cm³/mol. The zero-order valence-electron chi connectivity index (χ0n) is 13.4. The highest BCUT2D eigenvalue weighted by Crippen LogP contribution is 2.17. The third-order valence-electron chi connectivity index (χ3n) is 2.61. The summed E-state index contributed by atoms with van der Waals surface area (Å²) in [6.07, 6.45) is 0. The lowest BCUT2D eigenvalue weighted by molar-refractivity contribution is 0.458. The van der Waals surface area contributed by atoms with Crippen molar-refractivity contribution in [2.24, 2.45) is 0 Å².